The molecular formula is C22H26N6O2. The summed E-state index contributed by atoms with van der Waals surface area (Å²) in [6, 6.07) is 8.14. The highest BCUT2D eigenvalue weighted by atomic mass is 16.5. The average Bonchev–Trinajstić information content (AvgIpc) is 3.24. The van der Waals surface area contributed by atoms with Crippen LogP contribution < -0.4 is 10.1 Å². The van der Waals surface area contributed by atoms with Crippen LogP contribution in [0.1, 0.15) is 35.6 Å². The molecule has 0 aliphatic heterocycles. The molecule has 4 rings (SSSR count). The lowest BCUT2D eigenvalue weighted by Gasteiger charge is -2.15. The number of anilines is 1. The molecule has 1 aromatic carbocycles. The second-order valence-corrected chi connectivity index (χ2v) is 7.64. The van der Waals surface area contributed by atoms with Crippen molar-refractivity contribution < 1.29 is 9.26 Å². The number of hydrogen-bond acceptors (Lipinski definition) is 7. The first-order valence-electron chi connectivity index (χ1n) is 9.93. The Bertz CT molecular complexity index is 1210. The highest BCUT2D eigenvalue weighted by Gasteiger charge is 2.19. The topological polar surface area (TPSA) is 90.4 Å². The maximum atomic E-state index is 5.35. The van der Waals surface area contributed by atoms with E-state index in [4.69, 9.17) is 19.3 Å². The lowest BCUT2D eigenvalue weighted by atomic mass is 10.0. The SMILES string of the molecule is COc1ccc(-c2c(C)nn3c(NC(C)Cc4nc(C)no4)cc(C)nc23)c(C)c1. The molecule has 8 nitrogen and oxygen atoms in total. The zero-order valence-electron chi connectivity index (χ0n) is 18.1. The fourth-order valence-electron chi connectivity index (χ4n) is 3.69. The number of fused-ring (bicyclic) bond motifs is 1. The van der Waals surface area contributed by atoms with Gasteiger partial charge in [-0.1, -0.05) is 11.2 Å². The second-order valence-electron chi connectivity index (χ2n) is 7.64. The number of methoxy groups -OCH3 is 1. The van der Waals surface area contributed by atoms with Gasteiger partial charge in [0.25, 0.3) is 0 Å². The zero-order valence-corrected chi connectivity index (χ0v) is 18.1. The van der Waals surface area contributed by atoms with Crippen LogP contribution in [-0.2, 0) is 6.42 Å². The minimum Gasteiger partial charge on any atom is -0.497 e. The van der Waals surface area contributed by atoms with Crippen molar-refractivity contribution in [3.63, 3.8) is 0 Å². The number of benzene rings is 1. The van der Waals surface area contributed by atoms with Crippen LogP contribution in [0.15, 0.2) is 28.8 Å². The van der Waals surface area contributed by atoms with Gasteiger partial charge in [0.1, 0.15) is 11.6 Å². The molecule has 0 amide bonds. The van der Waals surface area contributed by atoms with E-state index >= 15 is 0 Å². The van der Waals surface area contributed by atoms with Crippen LogP contribution >= 0.6 is 0 Å². The number of aromatic nitrogens is 5. The van der Waals surface area contributed by atoms with Crippen molar-refractivity contribution in [2.75, 3.05) is 12.4 Å². The summed E-state index contributed by atoms with van der Waals surface area (Å²) in [4.78, 5) is 9.09. The Labute approximate surface area is 175 Å². The van der Waals surface area contributed by atoms with Crippen molar-refractivity contribution in [2.45, 2.75) is 47.1 Å². The summed E-state index contributed by atoms with van der Waals surface area (Å²) in [6.07, 6.45) is 0.619. The lowest BCUT2D eigenvalue weighted by Crippen LogP contribution is -2.20. The molecule has 0 spiro atoms. The van der Waals surface area contributed by atoms with E-state index in [-0.39, 0.29) is 6.04 Å². The second kappa shape index (κ2) is 7.78. The van der Waals surface area contributed by atoms with E-state index in [2.05, 4.69) is 35.4 Å². The van der Waals surface area contributed by atoms with Gasteiger partial charge in [0.05, 0.1) is 12.8 Å². The van der Waals surface area contributed by atoms with Crippen LogP contribution in [0.4, 0.5) is 5.82 Å². The predicted molar refractivity (Wildman–Crippen MR) is 115 cm³/mol. The molecule has 0 fully saturated rings. The minimum absolute atomic E-state index is 0.0746. The summed E-state index contributed by atoms with van der Waals surface area (Å²) in [5.74, 6) is 2.96. The largest absolute Gasteiger partial charge is 0.497 e. The molecule has 3 heterocycles. The smallest absolute Gasteiger partial charge is 0.228 e. The van der Waals surface area contributed by atoms with Crippen LogP contribution in [0.25, 0.3) is 16.8 Å². The molecular weight excluding hydrogens is 380 g/mol. The Kier molecular flexibility index (Phi) is 5.15. The molecule has 3 aromatic heterocycles. The van der Waals surface area contributed by atoms with Gasteiger partial charge in [-0.25, -0.2) is 4.98 Å². The highest BCUT2D eigenvalue weighted by molar-refractivity contribution is 5.83. The van der Waals surface area contributed by atoms with Crippen LogP contribution in [-0.4, -0.2) is 37.9 Å². The summed E-state index contributed by atoms with van der Waals surface area (Å²) < 4.78 is 12.5. The average molecular weight is 406 g/mol. The number of nitrogens with zero attached hydrogens (tertiary/aromatic N) is 5. The van der Waals surface area contributed by atoms with Crippen LogP contribution in [0, 0.1) is 27.7 Å². The Morgan fingerprint density at radius 2 is 1.93 bits per heavy atom. The Morgan fingerprint density at radius 3 is 2.60 bits per heavy atom. The predicted octanol–water partition coefficient (Wildman–Crippen LogP) is 4.06. The minimum atomic E-state index is 0.0746. The molecule has 156 valence electrons. The molecule has 0 bridgehead atoms. The molecule has 1 N–H and O–H groups in total. The third kappa shape index (κ3) is 3.72. The normalized spacial score (nSPS) is 12.3. The zero-order chi connectivity index (χ0) is 21.4. The first-order valence-corrected chi connectivity index (χ1v) is 9.93. The van der Waals surface area contributed by atoms with Gasteiger partial charge < -0.3 is 14.6 Å². The summed E-state index contributed by atoms with van der Waals surface area (Å²) in [7, 11) is 1.68. The molecule has 0 aliphatic rings. The Morgan fingerprint density at radius 1 is 1.13 bits per heavy atom. The van der Waals surface area contributed by atoms with E-state index in [1.165, 1.54) is 0 Å². The molecule has 8 heteroatoms. The van der Waals surface area contributed by atoms with Crippen molar-refractivity contribution in [3.8, 4) is 16.9 Å². The first kappa shape index (κ1) is 19.9. The molecule has 4 aromatic rings. The van der Waals surface area contributed by atoms with Gasteiger partial charge in [0, 0.05) is 29.8 Å². The molecule has 1 atom stereocenters. The lowest BCUT2D eigenvalue weighted by molar-refractivity contribution is 0.370. The molecule has 0 radical (unpaired) electrons. The number of rotatable bonds is 6. The first-order chi connectivity index (χ1) is 14.4. The van der Waals surface area contributed by atoms with Gasteiger partial charge in [0.15, 0.2) is 11.5 Å². The maximum Gasteiger partial charge on any atom is 0.228 e. The maximum absolute atomic E-state index is 5.35. The van der Waals surface area contributed by atoms with Gasteiger partial charge in [-0.3, -0.25) is 0 Å². The van der Waals surface area contributed by atoms with E-state index in [1.807, 2.05) is 43.5 Å². The van der Waals surface area contributed by atoms with Gasteiger partial charge >= 0.3 is 0 Å². The van der Waals surface area contributed by atoms with Crippen molar-refractivity contribution in [1.82, 2.24) is 24.7 Å². The number of ether oxygens (including phenoxy) is 1. The fourth-order valence-corrected chi connectivity index (χ4v) is 3.69. The standard InChI is InChI=1S/C22H26N6O2/c1-12-9-17(29-6)7-8-18(12)21-15(4)26-28-19(10-13(2)24-22(21)28)23-14(3)11-20-25-16(5)27-30-20/h7-10,14,23H,11H2,1-6H3. The van der Waals surface area contributed by atoms with Crippen molar-refractivity contribution in [2.24, 2.45) is 0 Å². The van der Waals surface area contributed by atoms with Crippen molar-refractivity contribution in [3.05, 3.63) is 52.9 Å². The fraction of sp³-hybridized carbons (Fsp3) is 0.364. The van der Waals surface area contributed by atoms with Crippen LogP contribution in [0.5, 0.6) is 5.75 Å². The highest BCUT2D eigenvalue weighted by Crippen LogP contribution is 2.33. The monoisotopic (exact) mass is 406 g/mol. The van der Waals surface area contributed by atoms with Crippen molar-refractivity contribution >= 4 is 11.5 Å². The van der Waals surface area contributed by atoms with E-state index in [9.17, 15) is 0 Å². The quantitative estimate of drug-likeness (QED) is 0.516. The molecule has 0 saturated heterocycles. The third-order valence-electron chi connectivity index (χ3n) is 5.04. The number of hydrogen-bond donors (Lipinski definition) is 1. The summed E-state index contributed by atoms with van der Waals surface area (Å²) in [5.41, 5.74) is 5.90. The van der Waals surface area contributed by atoms with E-state index in [0.717, 1.165) is 45.3 Å². The molecule has 1 unspecified atom stereocenters. The Balaban J connectivity index is 1.73. The van der Waals surface area contributed by atoms with Gasteiger partial charge in [-0.15, -0.1) is 0 Å². The third-order valence-corrected chi connectivity index (χ3v) is 5.04. The van der Waals surface area contributed by atoms with E-state index in [0.29, 0.717) is 18.1 Å². The summed E-state index contributed by atoms with van der Waals surface area (Å²) in [5, 5.41) is 12.2. The van der Waals surface area contributed by atoms with E-state index < -0.39 is 0 Å². The van der Waals surface area contributed by atoms with Crippen molar-refractivity contribution in [1.29, 1.82) is 0 Å². The summed E-state index contributed by atoms with van der Waals surface area (Å²) >= 11 is 0. The molecule has 0 aliphatic carbocycles. The van der Waals surface area contributed by atoms with Gasteiger partial charge in [-0.05, 0) is 57.9 Å². The number of nitrogens with one attached hydrogen (secondary N) is 1. The van der Waals surface area contributed by atoms with Gasteiger partial charge in [-0.2, -0.15) is 14.6 Å². The number of aryl methyl sites for hydroxylation is 4. The summed E-state index contributed by atoms with van der Waals surface area (Å²) in [6.45, 7) is 9.97. The van der Waals surface area contributed by atoms with Crippen LogP contribution in [0.3, 0.4) is 0 Å². The van der Waals surface area contributed by atoms with Gasteiger partial charge in [0.2, 0.25) is 5.89 Å². The Hall–Kier alpha value is -3.42. The molecule has 30 heavy (non-hydrogen) atoms. The molecule has 0 saturated carbocycles. The van der Waals surface area contributed by atoms with Crippen LogP contribution in [0.2, 0.25) is 0 Å². The van der Waals surface area contributed by atoms with E-state index in [1.54, 1.807) is 7.11 Å².